The second kappa shape index (κ2) is 7.58. The summed E-state index contributed by atoms with van der Waals surface area (Å²) in [4.78, 5) is 13.9. The lowest BCUT2D eigenvalue weighted by Crippen LogP contribution is -2.51. The van der Waals surface area contributed by atoms with Crippen LogP contribution in [0.4, 0.5) is 9.18 Å². The Kier molecular flexibility index (Phi) is 5.90. The normalized spacial score (nSPS) is 26.6. The van der Waals surface area contributed by atoms with Gasteiger partial charge in [-0.2, -0.15) is 0 Å². The first kappa shape index (κ1) is 19.5. The minimum atomic E-state index is -0.835. The van der Waals surface area contributed by atoms with Crippen LogP contribution in [0.15, 0.2) is 24.3 Å². The Balaban J connectivity index is 2.08. The zero-order chi connectivity index (χ0) is 18.8. The number of carbonyl (C=O) groups excluding carboxylic acids is 1. The van der Waals surface area contributed by atoms with Crippen LogP contribution in [0.2, 0.25) is 0 Å². The van der Waals surface area contributed by atoms with Crippen molar-refractivity contribution in [2.24, 2.45) is 0 Å². The number of aliphatic hydroxyl groups excluding tert-OH is 1. The molecule has 1 saturated carbocycles. The molecule has 2 rings (SSSR count). The topological polar surface area (TPSA) is 71.0 Å². The monoisotopic (exact) mass is 354 g/mol. The van der Waals surface area contributed by atoms with Crippen LogP contribution >= 0.6 is 0 Å². The first-order valence-electron chi connectivity index (χ1n) is 8.33. The smallest absolute Gasteiger partial charge is 0.407 e. The molecule has 1 aliphatic rings. The van der Waals surface area contributed by atoms with E-state index in [1.165, 1.54) is 12.1 Å². The average molecular weight is 354 g/mol. The summed E-state index contributed by atoms with van der Waals surface area (Å²) in [7, 11) is 3.64. The van der Waals surface area contributed by atoms with Gasteiger partial charge in [0, 0.05) is 12.5 Å². The molecule has 0 heterocycles. The van der Waals surface area contributed by atoms with Gasteiger partial charge in [-0.15, -0.1) is 0 Å². The molecule has 0 aliphatic heterocycles. The summed E-state index contributed by atoms with van der Waals surface area (Å²) in [6, 6.07) is 5.09. The molecule has 2 N–H and O–H groups in total. The second-order valence-corrected chi connectivity index (χ2v) is 7.55. The lowest BCUT2D eigenvalue weighted by Gasteiger charge is -2.30. The number of alkyl carbamates (subject to hydrolysis) is 1. The van der Waals surface area contributed by atoms with Gasteiger partial charge >= 0.3 is 6.09 Å². The van der Waals surface area contributed by atoms with Crippen LogP contribution < -0.4 is 10.1 Å². The molecule has 25 heavy (non-hydrogen) atoms. The molecule has 0 aromatic heterocycles. The molecule has 1 aliphatic carbocycles. The van der Waals surface area contributed by atoms with E-state index in [1.54, 1.807) is 32.9 Å². The van der Waals surface area contributed by atoms with E-state index in [0.717, 1.165) is 0 Å². The highest BCUT2D eigenvalue weighted by molar-refractivity contribution is 5.68. The maximum absolute atomic E-state index is 13.3. The van der Waals surface area contributed by atoms with Crippen molar-refractivity contribution in [3.63, 3.8) is 0 Å². The molecular formula is C18H27FN2O4. The summed E-state index contributed by atoms with van der Waals surface area (Å²) < 4.78 is 24.4. The van der Waals surface area contributed by atoms with Crippen molar-refractivity contribution in [1.82, 2.24) is 10.2 Å². The molecule has 1 aromatic carbocycles. The predicted octanol–water partition coefficient (Wildman–Crippen LogP) is 2.16. The number of benzene rings is 1. The Morgan fingerprint density at radius 1 is 1.36 bits per heavy atom. The summed E-state index contributed by atoms with van der Waals surface area (Å²) in [5, 5.41) is 13.4. The summed E-state index contributed by atoms with van der Waals surface area (Å²) in [5.74, 6) is -0.0583. The first-order chi connectivity index (χ1) is 11.6. The molecule has 0 unspecified atom stereocenters. The van der Waals surface area contributed by atoms with Gasteiger partial charge in [0.1, 0.15) is 29.4 Å². The number of hydrogen-bond donors (Lipinski definition) is 2. The number of ether oxygens (including phenoxy) is 2. The molecule has 0 spiro atoms. The largest absolute Gasteiger partial charge is 0.487 e. The highest BCUT2D eigenvalue weighted by Crippen LogP contribution is 2.28. The number of likely N-dealkylation sites (N-methyl/N-ethyl adjacent to an activating group) is 1. The zero-order valence-corrected chi connectivity index (χ0v) is 15.3. The van der Waals surface area contributed by atoms with Crippen molar-refractivity contribution in [2.45, 2.75) is 57.1 Å². The number of hydrogen-bond acceptors (Lipinski definition) is 5. The van der Waals surface area contributed by atoms with E-state index in [4.69, 9.17) is 9.47 Å². The van der Waals surface area contributed by atoms with Gasteiger partial charge in [-0.25, -0.2) is 9.18 Å². The molecule has 140 valence electrons. The van der Waals surface area contributed by atoms with Crippen LogP contribution in [-0.2, 0) is 4.74 Å². The number of aliphatic hydroxyl groups is 1. The van der Waals surface area contributed by atoms with E-state index in [0.29, 0.717) is 12.2 Å². The van der Waals surface area contributed by atoms with Crippen LogP contribution in [0.25, 0.3) is 0 Å². The number of nitrogens with zero attached hydrogens (tertiary/aromatic N) is 1. The van der Waals surface area contributed by atoms with Crippen molar-refractivity contribution in [2.75, 3.05) is 14.1 Å². The molecule has 0 radical (unpaired) electrons. The average Bonchev–Trinajstić information content (AvgIpc) is 2.72. The standard InChI is InChI=1S/C18H27FN2O4/c1-18(2,3)25-17(23)20-13-10-14(16(22)15(13)21(4)5)24-12-8-6-7-11(19)9-12/h6-9,13-16,22H,10H2,1-5H3,(H,20,23)/t13-,14-,15+,16+/m1/s1. The summed E-state index contributed by atoms with van der Waals surface area (Å²) in [5.41, 5.74) is -0.605. The Labute approximate surface area is 147 Å². The van der Waals surface area contributed by atoms with Gasteiger partial charge in [0.25, 0.3) is 0 Å². The third-order valence-electron chi connectivity index (χ3n) is 4.01. The summed E-state index contributed by atoms with van der Waals surface area (Å²) >= 11 is 0. The van der Waals surface area contributed by atoms with Gasteiger partial charge in [-0.1, -0.05) is 6.07 Å². The minimum Gasteiger partial charge on any atom is -0.487 e. The quantitative estimate of drug-likeness (QED) is 0.867. The summed E-state index contributed by atoms with van der Waals surface area (Å²) in [6.45, 7) is 5.36. The van der Waals surface area contributed by atoms with Gasteiger partial charge in [0.15, 0.2) is 0 Å². The number of rotatable bonds is 4. The highest BCUT2D eigenvalue weighted by Gasteiger charge is 2.46. The Morgan fingerprint density at radius 3 is 2.60 bits per heavy atom. The van der Waals surface area contributed by atoms with Crippen molar-refractivity contribution in [3.05, 3.63) is 30.1 Å². The van der Waals surface area contributed by atoms with Gasteiger partial charge in [0.2, 0.25) is 0 Å². The van der Waals surface area contributed by atoms with Crippen molar-refractivity contribution >= 4 is 6.09 Å². The Morgan fingerprint density at radius 2 is 2.04 bits per heavy atom. The SMILES string of the molecule is CN(C)[C@@H]1[C@@H](O)[C@H](Oc2cccc(F)c2)C[C@H]1NC(=O)OC(C)(C)C. The third kappa shape index (κ3) is 5.31. The maximum atomic E-state index is 13.3. The van der Waals surface area contributed by atoms with Crippen LogP contribution in [0.3, 0.4) is 0 Å². The number of amides is 1. The van der Waals surface area contributed by atoms with E-state index in [1.807, 2.05) is 19.0 Å². The van der Waals surface area contributed by atoms with E-state index >= 15 is 0 Å². The third-order valence-corrected chi connectivity index (χ3v) is 4.01. The highest BCUT2D eigenvalue weighted by atomic mass is 19.1. The molecule has 1 fully saturated rings. The number of halogens is 1. The van der Waals surface area contributed by atoms with Crippen LogP contribution in [0, 0.1) is 5.82 Å². The van der Waals surface area contributed by atoms with Crippen molar-refractivity contribution in [1.29, 1.82) is 0 Å². The fraction of sp³-hybridized carbons (Fsp3) is 0.611. The number of carbonyl (C=O) groups is 1. The Bertz CT molecular complexity index is 603. The van der Waals surface area contributed by atoms with E-state index in [9.17, 15) is 14.3 Å². The predicted molar refractivity (Wildman–Crippen MR) is 92.1 cm³/mol. The molecule has 0 saturated heterocycles. The molecular weight excluding hydrogens is 327 g/mol. The van der Waals surface area contributed by atoms with Crippen LogP contribution in [0.1, 0.15) is 27.2 Å². The van der Waals surface area contributed by atoms with Crippen LogP contribution in [0.5, 0.6) is 5.75 Å². The molecule has 6 nitrogen and oxygen atoms in total. The lowest BCUT2D eigenvalue weighted by molar-refractivity contribution is 0.0192. The fourth-order valence-electron chi connectivity index (χ4n) is 3.09. The molecule has 1 aromatic rings. The van der Waals surface area contributed by atoms with Gasteiger partial charge in [-0.05, 0) is 47.0 Å². The second-order valence-electron chi connectivity index (χ2n) is 7.55. The van der Waals surface area contributed by atoms with E-state index in [-0.39, 0.29) is 12.1 Å². The molecule has 7 heteroatoms. The van der Waals surface area contributed by atoms with E-state index in [2.05, 4.69) is 5.32 Å². The maximum Gasteiger partial charge on any atom is 0.407 e. The summed E-state index contributed by atoms with van der Waals surface area (Å²) in [6.07, 6.45) is -1.55. The molecule has 4 atom stereocenters. The lowest BCUT2D eigenvalue weighted by atomic mass is 10.1. The zero-order valence-electron chi connectivity index (χ0n) is 15.3. The molecule has 1 amide bonds. The first-order valence-corrected chi connectivity index (χ1v) is 8.33. The van der Waals surface area contributed by atoms with Gasteiger partial charge in [-0.3, -0.25) is 0 Å². The van der Waals surface area contributed by atoms with Crippen molar-refractivity contribution in [3.8, 4) is 5.75 Å². The van der Waals surface area contributed by atoms with Crippen molar-refractivity contribution < 1.29 is 23.8 Å². The van der Waals surface area contributed by atoms with Gasteiger partial charge < -0.3 is 24.8 Å². The number of nitrogens with one attached hydrogen (secondary N) is 1. The fourth-order valence-corrected chi connectivity index (χ4v) is 3.09. The Hall–Kier alpha value is -1.86. The van der Waals surface area contributed by atoms with Crippen LogP contribution in [-0.4, -0.2) is 60.1 Å². The van der Waals surface area contributed by atoms with E-state index < -0.39 is 29.7 Å². The van der Waals surface area contributed by atoms with Gasteiger partial charge in [0.05, 0.1) is 12.1 Å². The minimum absolute atomic E-state index is 0.342. The molecule has 0 bridgehead atoms.